The van der Waals surface area contributed by atoms with Gasteiger partial charge in [-0.15, -0.1) is 0 Å². The van der Waals surface area contributed by atoms with Gasteiger partial charge in [-0.1, -0.05) is 0 Å². The number of likely N-dealkylation sites (tertiary alicyclic amines) is 1. The Morgan fingerprint density at radius 2 is 1.83 bits per heavy atom. The van der Waals surface area contributed by atoms with Crippen LogP contribution in [0.2, 0.25) is 0 Å². The molecule has 1 saturated heterocycles. The molecular weight excluding hydrogens is 306 g/mol. The Morgan fingerprint density at radius 1 is 1.21 bits per heavy atom. The summed E-state index contributed by atoms with van der Waals surface area (Å²) in [7, 11) is 5.54. The van der Waals surface area contributed by atoms with Crippen LogP contribution in [0.25, 0.3) is 0 Å². The second-order valence-electron chi connectivity index (χ2n) is 6.32. The second kappa shape index (κ2) is 8.68. The second-order valence-corrected chi connectivity index (χ2v) is 6.32. The van der Waals surface area contributed by atoms with Crippen LogP contribution in [-0.4, -0.2) is 63.7 Å². The van der Waals surface area contributed by atoms with Crippen LogP contribution in [0.15, 0.2) is 24.3 Å². The summed E-state index contributed by atoms with van der Waals surface area (Å²) >= 11 is 0. The van der Waals surface area contributed by atoms with E-state index >= 15 is 0 Å². The standard InChI is InChI=1S/C18H27N3O3/c1-20(2)16-6-4-14(5-7-16)18(23)21-11-8-15(9-12-21)19-17(22)10-13-24-3/h4-7,15H,8-13H2,1-3H3,(H,19,22). The number of hydrogen-bond acceptors (Lipinski definition) is 4. The lowest BCUT2D eigenvalue weighted by Crippen LogP contribution is -2.46. The molecule has 132 valence electrons. The highest BCUT2D eigenvalue weighted by molar-refractivity contribution is 5.94. The van der Waals surface area contributed by atoms with E-state index in [9.17, 15) is 9.59 Å². The molecule has 24 heavy (non-hydrogen) atoms. The van der Waals surface area contributed by atoms with Gasteiger partial charge >= 0.3 is 0 Å². The molecule has 6 nitrogen and oxygen atoms in total. The van der Waals surface area contributed by atoms with Crippen LogP contribution in [0.1, 0.15) is 29.6 Å². The molecule has 1 aliphatic heterocycles. The van der Waals surface area contributed by atoms with Gasteiger partial charge in [0, 0.05) is 58.0 Å². The first-order valence-corrected chi connectivity index (χ1v) is 8.36. The smallest absolute Gasteiger partial charge is 0.253 e. The maximum Gasteiger partial charge on any atom is 0.253 e. The molecule has 1 aromatic rings. The molecule has 1 fully saturated rings. The molecule has 6 heteroatoms. The molecule has 1 N–H and O–H groups in total. The minimum Gasteiger partial charge on any atom is -0.384 e. The van der Waals surface area contributed by atoms with E-state index in [0.29, 0.717) is 31.7 Å². The van der Waals surface area contributed by atoms with Crippen molar-refractivity contribution < 1.29 is 14.3 Å². The molecular formula is C18H27N3O3. The summed E-state index contributed by atoms with van der Waals surface area (Å²) in [5.74, 6) is 0.0744. The molecule has 2 rings (SSSR count). The number of nitrogens with one attached hydrogen (secondary N) is 1. The average Bonchev–Trinajstić information content (AvgIpc) is 2.60. The van der Waals surface area contributed by atoms with E-state index < -0.39 is 0 Å². The van der Waals surface area contributed by atoms with Crippen LogP contribution >= 0.6 is 0 Å². The number of nitrogens with zero attached hydrogens (tertiary/aromatic N) is 2. The van der Waals surface area contributed by atoms with Crippen molar-refractivity contribution in [2.45, 2.75) is 25.3 Å². The fourth-order valence-electron chi connectivity index (χ4n) is 2.81. The Kier molecular flexibility index (Phi) is 6.61. The fourth-order valence-corrected chi connectivity index (χ4v) is 2.81. The molecule has 0 unspecified atom stereocenters. The van der Waals surface area contributed by atoms with Gasteiger partial charge in [0.15, 0.2) is 0 Å². The van der Waals surface area contributed by atoms with Crippen LogP contribution in [-0.2, 0) is 9.53 Å². The minimum absolute atomic E-state index is 0.0147. The van der Waals surface area contributed by atoms with Crippen molar-refractivity contribution in [3.8, 4) is 0 Å². The van der Waals surface area contributed by atoms with Crippen molar-refractivity contribution in [2.24, 2.45) is 0 Å². The van der Waals surface area contributed by atoms with Gasteiger partial charge in [-0.2, -0.15) is 0 Å². The van der Waals surface area contributed by atoms with Gasteiger partial charge in [-0.3, -0.25) is 9.59 Å². The van der Waals surface area contributed by atoms with Gasteiger partial charge in [-0.05, 0) is 37.1 Å². The van der Waals surface area contributed by atoms with Crippen molar-refractivity contribution >= 4 is 17.5 Å². The third kappa shape index (κ3) is 4.96. The maximum absolute atomic E-state index is 12.6. The summed E-state index contributed by atoms with van der Waals surface area (Å²) < 4.78 is 4.91. The molecule has 0 atom stereocenters. The van der Waals surface area contributed by atoms with Crippen LogP contribution in [0.3, 0.4) is 0 Å². The Bertz CT molecular complexity index is 549. The zero-order valence-electron chi connectivity index (χ0n) is 14.7. The van der Waals surface area contributed by atoms with E-state index in [4.69, 9.17) is 4.74 Å². The number of rotatable bonds is 6. The third-order valence-electron chi connectivity index (χ3n) is 4.31. The number of methoxy groups -OCH3 is 1. The molecule has 1 heterocycles. The first kappa shape index (κ1) is 18.3. The monoisotopic (exact) mass is 333 g/mol. The van der Waals surface area contributed by atoms with Crippen molar-refractivity contribution in [2.75, 3.05) is 45.8 Å². The maximum atomic E-state index is 12.6. The summed E-state index contributed by atoms with van der Waals surface area (Å²) in [5, 5.41) is 3.01. The van der Waals surface area contributed by atoms with Gasteiger partial charge in [0.1, 0.15) is 0 Å². The summed E-state index contributed by atoms with van der Waals surface area (Å²) in [6.07, 6.45) is 1.97. The summed E-state index contributed by atoms with van der Waals surface area (Å²) in [6, 6.07) is 7.80. The zero-order chi connectivity index (χ0) is 17.5. The number of piperidine rings is 1. The normalized spacial score (nSPS) is 15.2. The Morgan fingerprint density at radius 3 is 2.38 bits per heavy atom. The van der Waals surface area contributed by atoms with Gasteiger partial charge in [-0.25, -0.2) is 0 Å². The molecule has 2 amide bonds. The quantitative estimate of drug-likeness (QED) is 0.857. The van der Waals surface area contributed by atoms with Crippen LogP contribution < -0.4 is 10.2 Å². The number of ether oxygens (including phenoxy) is 1. The van der Waals surface area contributed by atoms with Gasteiger partial charge in [0.05, 0.1) is 6.61 Å². The number of benzene rings is 1. The van der Waals surface area contributed by atoms with E-state index in [-0.39, 0.29) is 17.9 Å². The van der Waals surface area contributed by atoms with E-state index in [1.165, 1.54) is 0 Å². The molecule has 0 aromatic heterocycles. The average molecular weight is 333 g/mol. The predicted octanol–water partition coefficient (Wildman–Crippen LogP) is 1.51. The Balaban J connectivity index is 1.83. The highest BCUT2D eigenvalue weighted by atomic mass is 16.5. The Labute approximate surface area is 143 Å². The lowest BCUT2D eigenvalue weighted by molar-refractivity contribution is -0.122. The highest BCUT2D eigenvalue weighted by Gasteiger charge is 2.24. The molecule has 0 radical (unpaired) electrons. The summed E-state index contributed by atoms with van der Waals surface area (Å²) in [5.41, 5.74) is 1.78. The lowest BCUT2D eigenvalue weighted by atomic mass is 10.0. The first-order chi connectivity index (χ1) is 11.5. The van der Waals surface area contributed by atoms with Gasteiger partial charge < -0.3 is 19.9 Å². The van der Waals surface area contributed by atoms with Crippen molar-refractivity contribution in [3.63, 3.8) is 0 Å². The van der Waals surface area contributed by atoms with Crippen molar-refractivity contribution in [3.05, 3.63) is 29.8 Å². The minimum atomic E-state index is 0.0147. The van der Waals surface area contributed by atoms with Crippen LogP contribution in [0, 0.1) is 0 Å². The van der Waals surface area contributed by atoms with Crippen molar-refractivity contribution in [1.29, 1.82) is 0 Å². The van der Waals surface area contributed by atoms with E-state index in [1.807, 2.05) is 48.2 Å². The number of hydrogen-bond donors (Lipinski definition) is 1. The number of carbonyl (C=O) groups excluding carboxylic acids is 2. The summed E-state index contributed by atoms with van der Waals surface area (Å²) in [6.45, 7) is 1.78. The van der Waals surface area contributed by atoms with Crippen molar-refractivity contribution in [1.82, 2.24) is 10.2 Å². The molecule has 0 saturated carbocycles. The SMILES string of the molecule is COCCC(=O)NC1CCN(C(=O)c2ccc(N(C)C)cc2)CC1. The highest BCUT2D eigenvalue weighted by Crippen LogP contribution is 2.17. The zero-order valence-corrected chi connectivity index (χ0v) is 14.7. The number of amides is 2. The molecule has 1 aromatic carbocycles. The molecule has 0 aliphatic carbocycles. The number of anilines is 1. The first-order valence-electron chi connectivity index (χ1n) is 8.36. The topological polar surface area (TPSA) is 61.9 Å². The van der Waals surface area contributed by atoms with Crippen LogP contribution in [0.5, 0.6) is 0 Å². The molecule has 0 bridgehead atoms. The molecule has 1 aliphatic rings. The third-order valence-corrected chi connectivity index (χ3v) is 4.31. The van der Waals surface area contributed by atoms with Gasteiger partial charge in [0.2, 0.25) is 5.91 Å². The fraction of sp³-hybridized carbons (Fsp3) is 0.556. The predicted molar refractivity (Wildman–Crippen MR) is 94.3 cm³/mol. The number of carbonyl (C=O) groups is 2. The van der Waals surface area contributed by atoms with Gasteiger partial charge in [0.25, 0.3) is 5.91 Å². The summed E-state index contributed by atoms with van der Waals surface area (Å²) in [4.78, 5) is 28.1. The van der Waals surface area contributed by atoms with E-state index in [0.717, 1.165) is 18.5 Å². The Hall–Kier alpha value is -2.08. The largest absolute Gasteiger partial charge is 0.384 e. The van der Waals surface area contributed by atoms with E-state index in [1.54, 1.807) is 7.11 Å². The van der Waals surface area contributed by atoms with Crippen LogP contribution in [0.4, 0.5) is 5.69 Å². The lowest BCUT2D eigenvalue weighted by Gasteiger charge is -2.32. The molecule has 0 spiro atoms. The van der Waals surface area contributed by atoms with E-state index in [2.05, 4.69) is 5.32 Å².